The molecule has 134 valence electrons. The lowest BCUT2D eigenvalue weighted by Crippen LogP contribution is -2.47. The number of likely N-dealkylation sites (N-methyl/N-ethyl adjacent to an activating group) is 1. The summed E-state index contributed by atoms with van der Waals surface area (Å²) in [5.41, 5.74) is 1.58. The molecule has 0 radical (unpaired) electrons. The minimum Gasteiger partial charge on any atom is -0.467 e. The van der Waals surface area contributed by atoms with Gasteiger partial charge in [0.25, 0.3) is 0 Å². The molecule has 1 aromatic carbocycles. The number of imidazole rings is 1. The average molecular weight is 345 g/mol. The number of carbonyl (C=O) groups is 2. The first-order chi connectivity index (χ1) is 12.0. The second-order valence-electron chi connectivity index (χ2n) is 5.60. The van der Waals surface area contributed by atoms with Gasteiger partial charge in [-0.2, -0.15) is 0 Å². The van der Waals surface area contributed by atoms with Crippen molar-refractivity contribution >= 4 is 12.1 Å². The van der Waals surface area contributed by atoms with Crippen molar-refractivity contribution in [2.45, 2.75) is 26.0 Å². The number of methoxy groups -OCH3 is 1. The Morgan fingerprint density at radius 3 is 2.56 bits per heavy atom. The van der Waals surface area contributed by atoms with E-state index in [9.17, 15) is 9.59 Å². The van der Waals surface area contributed by atoms with E-state index in [0.717, 1.165) is 5.56 Å². The predicted molar refractivity (Wildman–Crippen MR) is 91.7 cm³/mol. The Hall–Kier alpha value is -2.83. The summed E-state index contributed by atoms with van der Waals surface area (Å²) in [7, 11) is 3.15. The minimum absolute atomic E-state index is 0.146. The highest BCUT2D eigenvalue weighted by atomic mass is 16.6. The molecule has 0 saturated heterocycles. The molecular weight excluding hydrogens is 322 g/mol. The molecule has 2 aromatic rings. The van der Waals surface area contributed by atoms with E-state index in [1.165, 1.54) is 12.0 Å². The number of amides is 1. The lowest BCUT2D eigenvalue weighted by molar-refractivity contribution is -0.146. The molecule has 0 aliphatic rings. The monoisotopic (exact) mass is 345 g/mol. The van der Waals surface area contributed by atoms with E-state index in [-0.39, 0.29) is 13.0 Å². The summed E-state index contributed by atoms with van der Waals surface area (Å²) in [6.07, 6.45) is 3.16. The average Bonchev–Trinajstić information content (AvgIpc) is 3.05. The van der Waals surface area contributed by atoms with Gasteiger partial charge in [-0.3, -0.25) is 4.90 Å². The van der Waals surface area contributed by atoms with Crippen LogP contribution in [-0.4, -0.2) is 46.2 Å². The topological polar surface area (TPSA) is 73.7 Å². The third-order valence-electron chi connectivity index (χ3n) is 3.79. The summed E-state index contributed by atoms with van der Waals surface area (Å²) in [4.78, 5) is 30.3. The zero-order valence-corrected chi connectivity index (χ0v) is 14.7. The van der Waals surface area contributed by atoms with Crippen LogP contribution in [0.5, 0.6) is 0 Å². The van der Waals surface area contributed by atoms with Gasteiger partial charge in [0.15, 0.2) is 0 Å². The molecule has 7 heteroatoms. The fourth-order valence-corrected chi connectivity index (χ4v) is 2.51. The van der Waals surface area contributed by atoms with Gasteiger partial charge in [0.1, 0.15) is 12.6 Å². The van der Waals surface area contributed by atoms with Gasteiger partial charge in [-0.05, 0) is 12.5 Å². The van der Waals surface area contributed by atoms with Crippen LogP contribution < -0.4 is 0 Å². The Labute approximate surface area is 147 Å². The minimum atomic E-state index is -0.784. The third kappa shape index (κ3) is 5.07. The van der Waals surface area contributed by atoms with Gasteiger partial charge < -0.3 is 14.0 Å². The van der Waals surface area contributed by atoms with Crippen LogP contribution >= 0.6 is 0 Å². The molecule has 1 atom stereocenters. The van der Waals surface area contributed by atoms with Crippen LogP contribution in [0.15, 0.2) is 42.9 Å². The number of carbonyl (C=O) groups excluding carboxylic acids is 2. The predicted octanol–water partition coefficient (Wildman–Crippen LogP) is 2.16. The highest BCUT2D eigenvalue weighted by Crippen LogP contribution is 2.12. The maximum absolute atomic E-state index is 12.5. The summed E-state index contributed by atoms with van der Waals surface area (Å²) in [5.74, 6) is -0.496. The third-order valence-corrected chi connectivity index (χ3v) is 3.79. The first-order valence-electron chi connectivity index (χ1n) is 8.07. The van der Waals surface area contributed by atoms with E-state index >= 15 is 0 Å². The number of rotatable bonds is 7. The zero-order valence-electron chi connectivity index (χ0n) is 14.7. The van der Waals surface area contributed by atoms with Crippen LogP contribution in [0.25, 0.3) is 0 Å². The lowest BCUT2D eigenvalue weighted by atomic mass is 10.1. The van der Waals surface area contributed by atoms with Crippen LogP contribution in [0.1, 0.15) is 18.2 Å². The summed E-state index contributed by atoms with van der Waals surface area (Å²) >= 11 is 0. The second kappa shape index (κ2) is 8.86. The Bertz CT molecular complexity index is 699. The number of benzene rings is 1. The Morgan fingerprint density at radius 1 is 1.28 bits per heavy atom. The Balaban J connectivity index is 2.08. The molecule has 0 fully saturated rings. The Morgan fingerprint density at radius 2 is 2.00 bits per heavy atom. The maximum Gasteiger partial charge on any atom is 0.410 e. The fourth-order valence-electron chi connectivity index (χ4n) is 2.51. The molecule has 25 heavy (non-hydrogen) atoms. The highest BCUT2D eigenvalue weighted by molar-refractivity contribution is 5.81. The van der Waals surface area contributed by atoms with Crippen molar-refractivity contribution in [1.29, 1.82) is 0 Å². The van der Waals surface area contributed by atoms with Crippen molar-refractivity contribution < 1.29 is 19.1 Å². The molecular formula is C18H23N3O4. The molecule has 0 N–H and O–H groups in total. The SMILES string of the molecule is CCN(C(=O)OCc1ccccc1)[C@@H](Cc1cn(C)cn1)C(=O)OC. The van der Waals surface area contributed by atoms with E-state index in [1.807, 2.05) is 37.4 Å². The molecule has 1 amide bonds. The van der Waals surface area contributed by atoms with Gasteiger partial charge in [-0.25, -0.2) is 14.6 Å². The first-order valence-corrected chi connectivity index (χ1v) is 8.07. The van der Waals surface area contributed by atoms with Crippen LogP contribution in [0.4, 0.5) is 4.79 Å². The van der Waals surface area contributed by atoms with Gasteiger partial charge in [-0.15, -0.1) is 0 Å². The van der Waals surface area contributed by atoms with E-state index in [1.54, 1.807) is 24.0 Å². The molecule has 0 saturated carbocycles. The first kappa shape index (κ1) is 18.5. The normalized spacial score (nSPS) is 11.6. The number of esters is 1. The number of hydrogen-bond donors (Lipinski definition) is 0. The van der Waals surface area contributed by atoms with E-state index in [2.05, 4.69) is 4.98 Å². The van der Waals surface area contributed by atoms with Crippen molar-refractivity contribution in [2.75, 3.05) is 13.7 Å². The molecule has 0 bridgehead atoms. The molecule has 1 heterocycles. The lowest BCUT2D eigenvalue weighted by Gasteiger charge is -2.27. The van der Waals surface area contributed by atoms with Crippen molar-refractivity contribution in [3.63, 3.8) is 0 Å². The molecule has 0 aliphatic heterocycles. The van der Waals surface area contributed by atoms with Crippen molar-refractivity contribution in [3.05, 3.63) is 54.1 Å². The van der Waals surface area contributed by atoms with Crippen molar-refractivity contribution in [3.8, 4) is 0 Å². The number of hydrogen-bond acceptors (Lipinski definition) is 5. The number of aryl methyl sites for hydroxylation is 1. The molecule has 0 unspecified atom stereocenters. The number of aromatic nitrogens is 2. The highest BCUT2D eigenvalue weighted by Gasteiger charge is 2.31. The zero-order chi connectivity index (χ0) is 18.2. The van der Waals surface area contributed by atoms with Crippen LogP contribution in [0, 0.1) is 0 Å². The van der Waals surface area contributed by atoms with Gasteiger partial charge in [0.2, 0.25) is 0 Å². The largest absolute Gasteiger partial charge is 0.467 e. The fraction of sp³-hybridized carbons (Fsp3) is 0.389. The van der Waals surface area contributed by atoms with Crippen LogP contribution in [0.2, 0.25) is 0 Å². The summed E-state index contributed by atoms with van der Waals surface area (Å²) in [6, 6.07) is 8.60. The van der Waals surface area contributed by atoms with Crippen molar-refractivity contribution in [1.82, 2.24) is 14.5 Å². The van der Waals surface area contributed by atoms with E-state index in [0.29, 0.717) is 12.2 Å². The van der Waals surface area contributed by atoms with E-state index < -0.39 is 18.1 Å². The molecule has 0 spiro atoms. The molecule has 2 rings (SSSR count). The summed E-state index contributed by atoms with van der Waals surface area (Å²) in [6.45, 7) is 2.26. The van der Waals surface area contributed by atoms with Gasteiger partial charge >= 0.3 is 12.1 Å². The van der Waals surface area contributed by atoms with Crippen LogP contribution in [-0.2, 0) is 34.3 Å². The second-order valence-corrected chi connectivity index (χ2v) is 5.60. The van der Waals surface area contributed by atoms with Crippen molar-refractivity contribution in [2.24, 2.45) is 7.05 Å². The number of ether oxygens (including phenoxy) is 2. The smallest absolute Gasteiger partial charge is 0.410 e. The standard InChI is InChI=1S/C18H23N3O4/c1-4-21(18(23)25-12-14-8-6-5-7-9-14)16(17(22)24-3)10-15-11-20(2)13-19-15/h5-9,11,13,16H,4,10,12H2,1-3H3/t16-/m0/s1. The van der Waals surface area contributed by atoms with Gasteiger partial charge in [0, 0.05) is 26.2 Å². The maximum atomic E-state index is 12.5. The molecule has 7 nitrogen and oxygen atoms in total. The van der Waals surface area contributed by atoms with Gasteiger partial charge in [0.05, 0.1) is 19.1 Å². The summed E-state index contributed by atoms with van der Waals surface area (Å²) < 4.78 is 12.0. The molecule has 0 aliphatic carbocycles. The quantitative estimate of drug-likeness (QED) is 0.719. The van der Waals surface area contributed by atoms with Crippen LogP contribution in [0.3, 0.4) is 0 Å². The summed E-state index contributed by atoms with van der Waals surface area (Å²) in [5, 5.41) is 0. The Kier molecular flexibility index (Phi) is 6.56. The van der Waals surface area contributed by atoms with Gasteiger partial charge in [-0.1, -0.05) is 30.3 Å². The van der Waals surface area contributed by atoms with E-state index in [4.69, 9.17) is 9.47 Å². The molecule has 1 aromatic heterocycles. The number of nitrogens with zero attached hydrogens (tertiary/aromatic N) is 3.